The maximum atomic E-state index is 13.0. The Morgan fingerprint density at radius 1 is 1.18 bits per heavy atom. The Hall–Kier alpha value is -2.04. The molecule has 2 aliphatic rings. The molecule has 1 aliphatic carbocycles. The molecule has 1 aromatic rings. The summed E-state index contributed by atoms with van der Waals surface area (Å²) in [6.45, 7) is 4.64. The molecule has 1 spiro atoms. The highest BCUT2D eigenvalue weighted by atomic mass is 16.5. The number of benzene rings is 1. The zero-order chi connectivity index (χ0) is 19.8. The fraction of sp³-hybridized carbons (Fsp3) is 0.652. The van der Waals surface area contributed by atoms with E-state index >= 15 is 0 Å². The number of nitrogens with zero attached hydrogens (tertiary/aromatic N) is 1. The van der Waals surface area contributed by atoms with Crippen LogP contribution < -0.4 is 5.32 Å². The smallest absolute Gasteiger partial charge is 0.407 e. The topological polar surface area (TPSA) is 58.6 Å². The lowest BCUT2D eigenvalue weighted by molar-refractivity contribution is -0.137. The van der Waals surface area contributed by atoms with E-state index in [0.29, 0.717) is 37.9 Å². The van der Waals surface area contributed by atoms with E-state index in [1.54, 1.807) is 0 Å². The fourth-order valence-electron chi connectivity index (χ4n) is 4.64. The fourth-order valence-corrected chi connectivity index (χ4v) is 4.64. The van der Waals surface area contributed by atoms with Crippen molar-refractivity contribution < 1.29 is 14.3 Å². The van der Waals surface area contributed by atoms with Crippen molar-refractivity contribution in [1.29, 1.82) is 0 Å². The van der Waals surface area contributed by atoms with Crippen LogP contribution in [0.15, 0.2) is 30.3 Å². The van der Waals surface area contributed by atoms with Gasteiger partial charge in [0.2, 0.25) is 5.91 Å². The van der Waals surface area contributed by atoms with Gasteiger partial charge in [-0.15, -0.1) is 0 Å². The first-order valence-corrected chi connectivity index (χ1v) is 10.9. The second-order valence-corrected chi connectivity index (χ2v) is 8.28. The molecule has 3 rings (SSSR count). The second-order valence-electron chi connectivity index (χ2n) is 8.28. The number of ether oxygens (including phenoxy) is 1. The van der Waals surface area contributed by atoms with Gasteiger partial charge in [-0.3, -0.25) is 4.79 Å². The van der Waals surface area contributed by atoms with Crippen LogP contribution in [-0.2, 0) is 9.53 Å². The molecule has 1 aliphatic heterocycles. The first-order valence-electron chi connectivity index (χ1n) is 10.9. The molecule has 5 nitrogen and oxygen atoms in total. The summed E-state index contributed by atoms with van der Waals surface area (Å²) >= 11 is 0. The summed E-state index contributed by atoms with van der Waals surface area (Å²) < 4.78 is 5.20. The Kier molecular flexibility index (Phi) is 7.35. The molecule has 2 amide bonds. The van der Waals surface area contributed by atoms with Gasteiger partial charge in [0.25, 0.3) is 0 Å². The number of nitrogens with one attached hydrogen (secondary N) is 1. The average molecular weight is 387 g/mol. The molecule has 154 valence electrons. The van der Waals surface area contributed by atoms with Gasteiger partial charge in [0, 0.05) is 19.6 Å². The van der Waals surface area contributed by atoms with Gasteiger partial charge in [-0.05, 0) is 56.4 Å². The number of hydrogen-bond donors (Lipinski definition) is 1. The van der Waals surface area contributed by atoms with E-state index in [9.17, 15) is 9.59 Å². The molecule has 0 radical (unpaired) electrons. The molecule has 0 aromatic heterocycles. The number of alkyl carbamates (subject to hydrolysis) is 1. The molecular weight excluding hydrogens is 352 g/mol. The van der Waals surface area contributed by atoms with Gasteiger partial charge in [-0.2, -0.15) is 0 Å². The van der Waals surface area contributed by atoms with Gasteiger partial charge < -0.3 is 15.0 Å². The van der Waals surface area contributed by atoms with Crippen molar-refractivity contribution in [2.24, 2.45) is 5.41 Å². The summed E-state index contributed by atoms with van der Waals surface area (Å²) in [6.07, 6.45) is 7.54. The van der Waals surface area contributed by atoms with E-state index in [1.807, 2.05) is 4.90 Å². The number of rotatable bonds is 8. The van der Waals surface area contributed by atoms with Crippen LogP contribution in [0.4, 0.5) is 4.79 Å². The van der Waals surface area contributed by atoms with Crippen molar-refractivity contribution in [1.82, 2.24) is 10.2 Å². The van der Waals surface area contributed by atoms with Crippen LogP contribution in [0.2, 0.25) is 0 Å². The van der Waals surface area contributed by atoms with Crippen LogP contribution >= 0.6 is 0 Å². The van der Waals surface area contributed by atoms with Crippen molar-refractivity contribution in [3.63, 3.8) is 0 Å². The maximum absolute atomic E-state index is 13.0. The third-order valence-corrected chi connectivity index (χ3v) is 6.42. The van der Waals surface area contributed by atoms with E-state index in [0.717, 1.165) is 51.5 Å². The highest BCUT2D eigenvalue weighted by Crippen LogP contribution is 2.48. The van der Waals surface area contributed by atoms with Crippen LogP contribution in [0.1, 0.15) is 69.8 Å². The lowest BCUT2D eigenvalue weighted by Gasteiger charge is -2.36. The monoisotopic (exact) mass is 386 g/mol. The Bertz CT molecular complexity index is 639. The molecular formula is C23H34N2O3. The number of carbonyl (C=O) groups excluding carboxylic acids is 2. The largest absolute Gasteiger partial charge is 0.449 e. The van der Waals surface area contributed by atoms with Crippen molar-refractivity contribution in [2.75, 3.05) is 26.2 Å². The first kappa shape index (κ1) is 20.7. The molecule has 1 saturated carbocycles. The SMILES string of the molecule is CCCCNC(=O)OCCCN1CCC2(CCC(c3ccccc3)CC2)C1=O. The Labute approximate surface area is 168 Å². The van der Waals surface area contributed by atoms with E-state index in [1.165, 1.54) is 5.56 Å². The Morgan fingerprint density at radius 3 is 2.64 bits per heavy atom. The van der Waals surface area contributed by atoms with Gasteiger partial charge in [0.15, 0.2) is 0 Å². The number of hydrogen-bond acceptors (Lipinski definition) is 3. The summed E-state index contributed by atoms with van der Waals surface area (Å²) in [5.41, 5.74) is 1.28. The van der Waals surface area contributed by atoms with Crippen molar-refractivity contribution in [2.45, 2.75) is 64.2 Å². The van der Waals surface area contributed by atoms with Gasteiger partial charge in [0.1, 0.15) is 0 Å². The van der Waals surface area contributed by atoms with E-state index in [2.05, 4.69) is 42.6 Å². The average Bonchev–Trinajstić information content (AvgIpc) is 3.02. The summed E-state index contributed by atoms with van der Waals surface area (Å²) in [7, 11) is 0. The predicted octanol–water partition coefficient (Wildman–Crippen LogP) is 4.48. The predicted molar refractivity (Wildman–Crippen MR) is 110 cm³/mol. The van der Waals surface area contributed by atoms with Gasteiger partial charge in [-0.1, -0.05) is 43.7 Å². The molecule has 2 fully saturated rings. The Morgan fingerprint density at radius 2 is 1.93 bits per heavy atom. The quantitative estimate of drug-likeness (QED) is 0.670. The standard InChI is InChI=1S/C23H34N2O3/c1-2-3-15-24-22(27)28-18-7-16-25-17-14-23(21(25)26)12-10-20(11-13-23)19-8-5-4-6-9-19/h4-6,8-9,20H,2-3,7,10-18H2,1H3,(H,24,27). The lowest BCUT2D eigenvalue weighted by Crippen LogP contribution is -2.38. The van der Waals surface area contributed by atoms with Crippen LogP contribution in [-0.4, -0.2) is 43.1 Å². The zero-order valence-corrected chi connectivity index (χ0v) is 17.1. The molecule has 28 heavy (non-hydrogen) atoms. The summed E-state index contributed by atoms with van der Waals surface area (Å²) in [5.74, 6) is 0.916. The highest BCUT2D eigenvalue weighted by Gasteiger charge is 2.48. The molecule has 0 unspecified atom stereocenters. The molecule has 1 saturated heterocycles. The van der Waals surface area contributed by atoms with Gasteiger partial charge in [-0.25, -0.2) is 4.79 Å². The van der Waals surface area contributed by atoms with Crippen molar-refractivity contribution in [3.8, 4) is 0 Å². The maximum Gasteiger partial charge on any atom is 0.407 e. The number of unbranched alkanes of at least 4 members (excludes halogenated alkanes) is 1. The van der Waals surface area contributed by atoms with E-state index < -0.39 is 0 Å². The Balaban J connectivity index is 1.38. The number of amides is 2. The highest BCUT2D eigenvalue weighted by molar-refractivity contribution is 5.85. The van der Waals surface area contributed by atoms with Crippen molar-refractivity contribution in [3.05, 3.63) is 35.9 Å². The summed E-state index contributed by atoms with van der Waals surface area (Å²) in [6, 6.07) is 10.7. The molecule has 5 heteroatoms. The van der Waals surface area contributed by atoms with Crippen LogP contribution in [0.3, 0.4) is 0 Å². The third-order valence-electron chi connectivity index (χ3n) is 6.42. The number of carbonyl (C=O) groups is 2. The minimum absolute atomic E-state index is 0.135. The van der Waals surface area contributed by atoms with Gasteiger partial charge in [0.05, 0.1) is 12.0 Å². The summed E-state index contributed by atoms with van der Waals surface area (Å²) in [5, 5.41) is 2.74. The molecule has 1 N–H and O–H groups in total. The third kappa shape index (κ3) is 5.06. The molecule has 1 aromatic carbocycles. The van der Waals surface area contributed by atoms with Crippen molar-refractivity contribution >= 4 is 12.0 Å². The van der Waals surface area contributed by atoms with E-state index in [-0.39, 0.29) is 11.5 Å². The minimum atomic E-state index is -0.350. The normalized spacial score (nSPS) is 24.5. The summed E-state index contributed by atoms with van der Waals surface area (Å²) in [4.78, 5) is 26.6. The molecule has 1 heterocycles. The second kappa shape index (κ2) is 9.94. The number of likely N-dealkylation sites (tertiary alicyclic amines) is 1. The van der Waals surface area contributed by atoms with Crippen LogP contribution in [0.5, 0.6) is 0 Å². The molecule has 0 atom stereocenters. The molecule has 0 bridgehead atoms. The zero-order valence-electron chi connectivity index (χ0n) is 17.1. The van der Waals surface area contributed by atoms with Crippen LogP contribution in [0, 0.1) is 5.41 Å². The minimum Gasteiger partial charge on any atom is -0.449 e. The van der Waals surface area contributed by atoms with Gasteiger partial charge >= 0.3 is 6.09 Å². The lowest BCUT2D eigenvalue weighted by atomic mass is 9.68. The van der Waals surface area contributed by atoms with E-state index in [4.69, 9.17) is 4.74 Å². The van der Waals surface area contributed by atoms with Crippen LogP contribution in [0.25, 0.3) is 0 Å². The first-order chi connectivity index (χ1) is 13.6.